The third kappa shape index (κ3) is 5.13. The monoisotopic (exact) mass is 489 g/mol. The van der Waals surface area contributed by atoms with Crippen LogP contribution in [-0.2, 0) is 21.4 Å². The number of carbonyl (C=O) groups excluding carboxylic acids is 1. The van der Waals surface area contributed by atoms with Gasteiger partial charge in [-0.2, -0.15) is 4.31 Å². The Labute approximate surface area is 196 Å². The Balaban J connectivity index is 1.51. The number of benzene rings is 2. The fourth-order valence-corrected chi connectivity index (χ4v) is 6.60. The summed E-state index contributed by atoms with van der Waals surface area (Å²) in [5.41, 5.74) is 1.20. The summed E-state index contributed by atoms with van der Waals surface area (Å²) in [6, 6.07) is 11.9. The van der Waals surface area contributed by atoms with Crippen LogP contribution in [0.25, 0.3) is 10.2 Å². The van der Waals surface area contributed by atoms with E-state index in [1.165, 1.54) is 11.7 Å². The van der Waals surface area contributed by atoms with Crippen LogP contribution in [0.15, 0.2) is 52.2 Å². The Morgan fingerprint density at radius 3 is 2.55 bits per heavy atom. The summed E-state index contributed by atoms with van der Waals surface area (Å²) in [7, 11) is -2.06. The number of anilines is 1. The molecule has 176 valence electrons. The standard InChI is InChI=1S/C23H27N3O5S2/c1-31-20-9-5-4-8-18(20)24-22(27)12-15-26-19-11-10-17(16-21(19)32-23(26)28)33(29,30)25-13-6-2-3-7-14-25/h4-5,8-11,16H,2-3,6-7,12-15H2,1H3,(H,24,27). The molecular formula is C23H27N3O5S2. The molecule has 1 saturated heterocycles. The maximum Gasteiger partial charge on any atom is 0.308 e. The lowest BCUT2D eigenvalue weighted by Crippen LogP contribution is -2.31. The molecule has 10 heteroatoms. The lowest BCUT2D eigenvalue weighted by molar-refractivity contribution is -0.116. The van der Waals surface area contributed by atoms with Crippen molar-refractivity contribution >= 4 is 43.2 Å². The maximum atomic E-state index is 13.1. The summed E-state index contributed by atoms with van der Waals surface area (Å²) >= 11 is 0.994. The van der Waals surface area contributed by atoms with Crippen LogP contribution in [-0.4, -0.2) is 43.4 Å². The van der Waals surface area contributed by atoms with Crippen LogP contribution in [0, 0.1) is 0 Å². The Morgan fingerprint density at radius 1 is 1.09 bits per heavy atom. The number of aryl methyl sites for hydroxylation is 1. The second-order valence-electron chi connectivity index (χ2n) is 7.97. The summed E-state index contributed by atoms with van der Waals surface area (Å²) < 4.78 is 35.1. The highest BCUT2D eigenvalue weighted by atomic mass is 32.2. The molecule has 0 spiro atoms. The van der Waals surface area contributed by atoms with E-state index in [1.807, 2.05) is 6.07 Å². The first-order valence-corrected chi connectivity index (χ1v) is 13.2. The van der Waals surface area contributed by atoms with Crippen LogP contribution in [0.2, 0.25) is 0 Å². The topological polar surface area (TPSA) is 97.7 Å². The minimum Gasteiger partial charge on any atom is -0.495 e. The average Bonchev–Trinajstić information content (AvgIpc) is 2.96. The van der Waals surface area contributed by atoms with Gasteiger partial charge in [-0.15, -0.1) is 0 Å². The number of hydrogen-bond donors (Lipinski definition) is 1. The van der Waals surface area contributed by atoms with Crippen LogP contribution < -0.4 is 14.9 Å². The van der Waals surface area contributed by atoms with E-state index in [9.17, 15) is 18.0 Å². The number of ether oxygens (including phenoxy) is 1. The summed E-state index contributed by atoms with van der Waals surface area (Å²) in [5, 5.41) is 2.80. The molecule has 1 aliphatic rings. The minimum absolute atomic E-state index is 0.0949. The smallest absolute Gasteiger partial charge is 0.308 e. The van der Waals surface area contributed by atoms with Crippen molar-refractivity contribution in [2.24, 2.45) is 0 Å². The summed E-state index contributed by atoms with van der Waals surface area (Å²) in [4.78, 5) is 25.0. The third-order valence-corrected chi connectivity index (χ3v) is 8.62. The Kier molecular flexibility index (Phi) is 7.16. The molecule has 33 heavy (non-hydrogen) atoms. The van der Waals surface area contributed by atoms with Gasteiger partial charge in [-0.1, -0.05) is 36.3 Å². The van der Waals surface area contributed by atoms with E-state index in [4.69, 9.17) is 4.74 Å². The predicted molar refractivity (Wildman–Crippen MR) is 130 cm³/mol. The van der Waals surface area contributed by atoms with Crippen molar-refractivity contribution in [3.8, 4) is 5.75 Å². The van der Waals surface area contributed by atoms with Gasteiger partial charge in [0.15, 0.2) is 0 Å². The first kappa shape index (κ1) is 23.5. The lowest BCUT2D eigenvalue weighted by Gasteiger charge is -2.19. The molecule has 3 aromatic rings. The van der Waals surface area contributed by atoms with Gasteiger partial charge in [0.2, 0.25) is 15.9 Å². The molecule has 2 aromatic carbocycles. The molecular weight excluding hydrogens is 462 g/mol. The van der Waals surface area contributed by atoms with Gasteiger partial charge in [0, 0.05) is 26.1 Å². The number of nitrogens with zero attached hydrogens (tertiary/aromatic N) is 2. The predicted octanol–water partition coefficient (Wildman–Crippen LogP) is 3.67. The highest BCUT2D eigenvalue weighted by Gasteiger charge is 2.26. The molecule has 0 unspecified atom stereocenters. The molecule has 1 aromatic heterocycles. The number of amides is 1. The average molecular weight is 490 g/mol. The second-order valence-corrected chi connectivity index (χ2v) is 10.9. The quantitative estimate of drug-likeness (QED) is 0.546. The molecule has 0 bridgehead atoms. The first-order chi connectivity index (χ1) is 15.9. The summed E-state index contributed by atoms with van der Waals surface area (Å²) in [5.74, 6) is 0.313. The summed E-state index contributed by atoms with van der Waals surface area (Å²) in [6.07, 6.45) is 3.90. The molecule has 2 heterocycles. The van der Waals surface area contributed by atoms with E-state index in [2.05, 4.69) is 5.32 Å². The molecule has 1 fully saturated rings. The van der Waals surface area contributed by atoms with E-state index >= 15 is 0 Å². The van der Waals surface area contributed by atoms with Crippen molar-refractivity contribution in [1.82, 2.24) is 8.87 Å². The summed E-state index contributed by atoms with van der Waals surface area (Å²) in [6.45, 7) is 1.25. The van der Waals surface area contributed by atoms with Crippen LogP contribution in [0.3, 0.4) is 0 Å². The number of thiazole rings is 1. The van der Waals surface area contributed by atoms with E-state index < -0.39 is 10.0 Å². The van der Waals surface area contributed by atoms with Crippen molar-refractivity contribution in [1.29, 1.82) is 0 Å². The third-order valence-electron chi connectivity index (χ3n) is 5.79. The second kappa shape index (κ2) is 10.1. The van der Waals surface area contributed by atoms with Crippen LogP contribution in [0.4, 0.5) is 5.69 Å². The number of rotatable bonds is 7. The van der Waals surface area contributed by atoms with E-state index in [-0.39, 0.29) is 28.6 Å². The van der Waals surface area contributed by atoms with Crippen molar-refractivity contribution in [2.45, 2.75) is 43.5 Å². The highest BCUT2D eigenvalue weighted by Crippen LogP contribution is 2.26. The molecule has 0 saturated carbocycles. The number of para-hydroxylation sites is 2. The van der Waals surface area contributed by atoms with Crippen molar-refractivity contribution < 1.29 is 17.9 Å². The number of aromatic nitrogens is 1. The number of fused-ring (bicyclic) bond motifs is 1. The minimum atomic E-state index is -3.59. The molecule has 1 aliphatic heterocycles. The number of nitrogens with one attached hydrogen (secondary N) is 1. The largest absolute Gasteiger partial charge is 0.495 e. The van der Waals surface area contributed by atoms with Crippen molar-refractivity contribution in [3.05, 3.63) is 52.1 Å². The molecule has 8 nitrogen and oxygen atoms in total. The van der Waals surface area contributed by atoms with E-state index in [0.717, 1.165) is 37.0 Å². The fraction of sp³-hybridized carbons (Fsp3) is 0.391. The number of sulfonamides is 1. The Bertz CT molecular complexity index is 1310. The SMILES string of the molecule is COc1ccccc1NC(=O)CCn1c(=O)sc2cc(S(=O)(=O)N3CCCCCC3)ccc21. The van der Waals surface area contributed by atoms with E-state index in [0.29, 0.717) is 34.7 Å². The number of hydrogen-bond acceptors (Lipinski definition) is 6. The first-order valence-electron chi connectivity index (χ1n) is 11.0. The van der Waals surface area contributed by atoms with E-state index in [1.54, 1.807) is 40.7 Å². The molecule has 1 N–H and O–H groups in total. The molecule has 0 aliphatic carbocycles. The normalized spacial score (nSPS) is 15.3. The van der Waals surface area contributed by atoms with Gasteiger partial charge in [0.25, 0.3) is 0 Å². The van der Waals surface area contributed by atoms with Crippen molar-refractivity contribution in [2.75, 3.05) is 25.5 Å². The van der Waals surface area contributed by atoms with Crippen molar-refractivity contribution in [3.63, 3.8) is 0 Å². The van der Waals surface area contributed by atoms with Gasteiger partial charge in [0.05, 0.1) is 27.9 Å². The fourth-order valence-electron chi connectivity index (χ4n) is 4.02. The van der Waals surface area contributed by atoms with Gasteiger partial charge < -0.3 is 10.1 Å². The molecule has 0 radical (unpaired) electrons. The van der Waals surface area contributed by atoms with Gasteiger partial charge >= 0.3 is 4.87 Å². The van der Waals surface area contributed by atoms with Gasteiger partial charge in [0.1, 0.15) is 5.75 Å². The zero-order valence-corrected chi connectivity index (χ0v) is 20.1. The Morgan fingerprint density at radius 2 is 1.82 bits per heavy atom. The maximum absolute atomic E-state index is 13.1. The van der Waals surface area contributed by atoms with Crippen LogP contribution in [0.5, 0.6) is 5.75 Å². The van der Waals surface area contributed by atoms with Crippen LogP contribution >= 0.6 is 11.3 Å². The zero-order valence-electron chi connectivity index (χ0n) is 18.5. The zero-order chi connectivity index (χ0) is 23.4. The number of carbonyl (C=O) groups is 1. The Hall–Kier alpha value is -2.69. The molecule has 4 rings (SSSR count). The lowest BCUT2D eigenvalue weighted by atomic mass is 10.2. The number of methoxy groups -OCH3 is 1. The molecule has 0 atom stereocenters. The highest BCUT2D eigenvalue weighted by molar-refractivity contribution is 7.89. The van der Waals surface area contributed by atoms with Gasteiger partial charge in [-0.25, -0.2) is 8.42 Å². The van der Waals surface area contributed by atoms with Gasteiger partial charge in [-0.3, -0.25) is 14.2 Å². The molecule has 1 amide bonds. The van der Waals surface area contributed by atoms with Crippen LogP contribution in [0.1, 0.15) is 32.1 Å². The van der Waals surface area contributed by atoms with Gasteiger partial charge in [-0.05, 0) is 43.2 Å².